The molecule has 1 heterocycles. The summed E-state index contributed by atoms with van der Waals surface area (Å²) in [5.41, 5.74) is 1.35. The first-order chi connectivity index (χ1) is 8.50. The van der Waals surface area contributed by atoms with Gasteiger partial charge >= 0.3 is 0 Å². The summed E-state index contributed by atoms with van der Waals surface area (Å²) in [4.78, 5) is 18.5. The molecule has 0 bridgehead atoms. The van der Waals surface area contributed by atoms with Crippen molar-refractivity contribution in [2.75, 3.05) is 0 Å². The summed E-state index contributed by atoms with van der Waals surface area (Å²) in [6.45, 7) is 3.54. The van der Waals surface area contributed by atoms with Gasteiger partial charge in [-0.2, -0.15) is 4.98 Å². The quantitative estimate of drug-likeness (QED) is 0.820. The molecule has 4 nitrogen and oxygen atoms in total. The molecule has 0 amide bonds. The number of rotatable bonds is 2. The molecular weight excluding hydrogens is 252 g/mol. The van der Waals surface area contributed by atoms with Crippen molar-refractivity contribution >= 4 is 11.6 Å². The van der Waals surface area contributed by atoms with E-state index in [2.05, 4.69) is 9.97 Å². The van der Waals surface area contributed by atoms with Gasteiger partial charge in [-0.15, -0.1) is 11.6 Å². The molecule has 1 aromatic heterocycles. The number of hydrogen-bond acceptors (Lipinski definition) is 3. The predicted octanol–water partition coefficient (Wildman–Crippen LogP) is 2.75. The van der Waals surface area contributed by atoms with Gasteiger partial charge in [0.15, 0.2) is 0 Å². The zero-order valence-electron chi connectivity index (χ0n) is 10.1. The summed E-state index contributed by atoms with van der Waals surface area (Å²) < 4.78 is 0. The van der Waals surface area contributed by atoms with Crippen molar-refractivity contribution in [1.82, 2.24) is 9.97 Å². The topological polar surface area (TPSA) is 66.0 Å². The van der Waals surface area contributed by atoms with Crippen molar-refractivity contribution in [3.05, 3.63) is 46.0 Å². The minimum atomic E-state index is -0.463. The maximum absolute atomic E-state index is 12.0. The average Bonchev–Trinajstić information content (AvgIpc) is 2.30. The third kappa shape index (κ3) is 2.24. The van der Waals surface area contributed by atoms with Crippen molar-refractivity contribution in [3.8, 4) is 17.0 Å². The van der Waals surface area contributed by atoms with Crippen molar-refractivity contribution in [1.29, 1.82) is 0 Å². The van der Waals surface area contributed by atoms with Crippen LogP contribution in [-0.4, -0.2) is 15.1 Å². The number of halogens is 1. The fourth-order valence-corrected chi connectivity index (χ4v) is 1.87. The van der Waals surface area contributed by atoms with Crippen LogP contribution in [0.15, 0.2) is 29.1 Å². The van der Waals surface area contributed by atoms with Crippen molar-refractivity contribution in [2.24, 2.45) is 0 Å². The van der Waals surface area contributed by atoms with E-state index in [9.17, 15) is 9.90 Å². The molecular formula is C13H13ClN2O2. The molecule has 94 valence electrons. The maximum Gasteiger partial charge on any atom is 0.262 e. The van der Waals surface area contributed by atoms with Crippen LogP contribution in [0.2, 0.25) is 0 Å². The summed E-state index contributed by atoms with van der Waals surface area (Å²) in [7, 11) is 0. The zero-order valence-corrected chi connectivity index (χ0v) is 10.8. The van der Waals surface area contributed by atoms with Gasteiger partial charge in [-0.3, -0.25) is 4.79 Å². The summed E-state index contributed by atoms with van der Waals surface area (Å²) in [6, 6.07) is 7.31. The monoisotopic (exact) mass is 264 g/mol. The lowest BCUT2D eigenvalue weighted by atomic mass is 10.0. The van der Waals surface area contributed by atoms with Crippen molar-refractivity contribution in [2.45, 2.75) is 19.2 Å². The highest BCUT2D eigenvalue weighted by Crippen LogP contribution is 2.27. The molecule has 2 N–H and O–H groups in total. The summed E-state index contributed by atoms with van der Waals surface area (Å²) in [5, 5.41) is 9.45. The number of aryl methyl sites for hydroxylation is 1. The second-order valence-corrected chi connectivity index (χ2v) is 4.74. The summed E-state index contributed by atoms with van der Waals surface area (Å²) in [6.07, 6.45) is 0. The highest BCUT2D eigenvalue weighted by Gasteiger charge is 2.16. The van der Waals surface area contributed by atoms with Crippen LogP contribution in [0.1, 0.15) is 23.7 Å². The van der Waals surface area contributed by atoms with Crippen molar-refractivity contribution in [3.63, 3.8) is 0 Å². The van der Waals surface area contributed by atoms with Crippen LogP contribution in [0.25, 0.3) is 11.1 Å². The molecule has 2 aromatic rings. The zero-order chi connectivity index (χ0) is 13.3. The predicted molar refractivity (Wildman–Crippen MR) is 71.0 cm³/mol. The average molecular weight is 265 g/mol. The Balaban J connectivity index is 2.67. The fraction of sp³-hybridized carbons (Fsp3) is 0.231. The van der Waals surface area contributed by atoms with Gasteiger partial charge in [0.05, 0.1) is 5.38 Å². The minimum absolute atomic E-state index is 0.175. The Kier molecular flexibility index (Phi) is 3.39. The maximum atomic E-state index is 12.0. The molecule has 2 rings (SSSR count). The van der Waals surface area contributed by atoms with E-state index >= 15 is 0 Å². The standard InChI is InChI=1S/C13H13ClN2O2/c1-7-5-3-4-6-9(7)10-12(17)15-11(8(2)14)16-13(10)18/h3-6,8H,1-2H3,(H2,15,16,17,18). The molecule has 0 aliphatic rings. The second-order valence-electron chi connectivity index (χ2n) is 4.08. The van der Waals surface area contributed by atoms with Gasteiger partial charge in [0.2, 0.25) is 5.88 Å². The number of nitrogens with one attached hydrogen (secondary N) is 1. The normalized spacial score (nSPS) is 12.4. The summed E-state index contributed by atoms with van der Waals surface area (Å²) in [5.74, 6) is -0.0351. The number of aromatic hydroxyl groups is 1. The molecule has 0 fully saturated rings. The van der Waals surface area contributed by atoms with Crippen LogP contribution in [0.4, 0.5) is 0 Å². The second kappa shape index (κ2) is 4.82. The number of benzene rings is 1. The summed E-state index contributed by atoms with van der Waals surface area (Å²) >= 11 is 5.83. The van der Waals surface area contributed by atoms with Crippen LogP contribution in [-0.2, 0) is 0 Å². The van der Waals surface area contributed by atoms with E-state index in [1.807, 2.05) is 19.1 Å². The third-order valence-electron chi connectivity index (χ3n) is 2.71. The smallest absolute Gasteiger partial charge is 0.262 e. The van der Waals surface area contributed by atoms with Gasteiger partial charge in [-0.1, -0.05) is 24.3 Å². The van der Waals surface area contributed by atoms with Crippen LogP contribution in [0, 0.1) is 6.92 Å². The molecule has 1 aromatic carbocycles. The van der Waals surface area contributed by atoms with Crippen LogP contribution in [0.3, 0.4) is 0 Å². The Hall–Kier alpha value is -1.81. The van der Waals surface area contributed by atoms with E-state index < -0.39 is 5.38 Å². The minimum Gasteiger partial charge on any atom is -0.493 e. The number of hydrogen-bond donors (Lipinski definition) is 2. The first kappa shape index (κ1) is 12.6. The molecule has 0 aliphatic heterocycles. The number of nitrogens with zero attached hydrogens (tertiary/aromatic N) is 1. The van der Waals surface area contributed by atoms with E-state index in [1.165, 1.54) is 0 Å². The Morgan fingerprint density at radius 1 is 1.39 bits per heavy atom. The fourth-order valence-electron chi connectivity index (χ4n) is 1.76. The number of aromatic nitrogens is 2. The van der Waals surface area contributed by atoms with Gasteiger partial charge < -0.3 is 10.1 Å². The number of aromatic amines is 1. The van der Waals surface area contributed by atoms with E-state index in [4.69, 9.17) is 11.6 Å². The molecule has 1 atom stereocenters. The van der Waals surface area contributed by atoms with Gasteiger partial charge in [0, 0.05) is 0 Å². The Labute approximate surface area is 109 Å². The first-order valence-corrected chi connectivity index (χ1v) is 5.97. The molecule has 0 radical (unpaired) electrons. The highest BCUT2D eigenvalue weighted by molar-refractivity contribution is 6.20. The van der Waals surface area contributed by atoms with Gasteiger partial charge in [-0.05, 0) is 25.0 Å². The number of alkyl halides is 1. The Bertz CT molecular complexity index is 635. The van der Waals surface area contributed by atoms with E-state index in [0.29, 0.717) is 5.56 Å². The SMILES string of the molecule is Cc1ccccc1-c1c(O)nc(C(C)Cl)[nH]c1=O. The van der Waals surface area contributed by atoms with E-state index in [0.717, 1.165) is 5.56 Å². The van der Waals surface area contributed by atoms with E-state index in [-0.39, 0.29) is 22.8 Å². The van der Waals surface area contributed by atoms with E-state index in [1.54, 1.807) is 19.1 Å². The first-order valence-electron chi connectivity index (χ1n) is 5.54. The lowest BCUT2D eigenvalue weighted by molar-refractivity contribution is 0.450. The molecule has 0 aliphatic carbocycles. The lowest BCUT2D eigenvalue weighted by Crippen LogP contribution is -2.14. The van der Waals surface area contributed by atoms with Crippen LogP contribution >= 0.6 is 11.6 Å². The third-order valence-corrected chi connectivity index (χ3v) is 2.92. The molecule has 5 heteroatoms. The molecule has 0 saturated carbocycles. The molecule has 1 unspecified atom stereocenters. The van der Waals surface area contributed by atoms with Crippen LogP contribution in [0.5, 0.6) is 5.88 Å². The van der Waals surface area contributed by atoms with Crippen molar-refractivity contribution < 1.29 is 5.11 Å². The highest BCUT2D eigenvalue weighted by atomic mass is 35.5. The Morgan fingerprint density at radius 3 is 2.61 bits per heavy atom. The molecule has 0 spiro atoms. The van der Waals surface area contributed by atoms with Gasteiger partial charge in [0.1, 0.15) is 11.4 Å². The molecule has 18 heavy (non-hydrogen) atoms. The number of H-pyrrole nitrogens is 1. The Morgan fingerprint density at radius 2 is 2.06 bits per heavy atom. The van der Waals surface area contributed by atoms with Gasteiger partial charge in [-0.25, -0.2) is 0 Å². The molecule has 0 saturated heterocycles. The lowest BCUT2D eigenvalue weighted by Gasteiger charge is -2.09. The largest absolute Gasteiger partial charge is 0.493 e. The van der Waals surface area contributed by atoms with Crippen LogP contribution < -0.4 is 5.56 Å². The van der Waals surface area contributed by atoms with Gasteiger partial charge in [0.25, 0.3) is 5.56 Å².